The van der Waals surface area contributed by atoms with Gasteiger partial charge < -0.3 is 19.5 Å². The standard InChI is InChI=1S/C26H32N2O4/c29-26(20-7-9-23(10-8-20)31-18-24-4-3-13-30-24)27-22-15-21-6-5-19(14-25(21)32-17-22)16-28-11-1-2-12-28/h5-10,14,22,24H,1-4,11-13,15-18H2,(H,27,29)/t22-,24-/m1/s1. The van der Waals surface area contributed by atoms with Crippen LogP contribution in [0.25, 0.3) is 0 Å². The van der Waals surface area contributed by atoms with E-state index in [1.165, 1.54) is 31.5 Å². The van der Waals surface area contributed by atoms with Crippen molar-refractivity contribution in [3.8, 4) is 11.5 Å². The first kappa shape index (κ1) is 21.3. The van der Waals surface area contributed by atoms with Crippen molar-refractivity contribution in [2.24, 2.45) is 0 Å². The van der Waals surface area contributed by atoms with Gasteiger partial charge in [-0.3, -0.25) is 9.69 Å². The highest BCUT2D eigenvalue weighted by molar-refractivity contribution is 5.94. The van der Waals surface area contributed by atoms with Crippen LogP contribution in [0.2, 0.25) is 0 Å². The number of likely N-dealkylation sites (tertiary alicyclic amines) is 1. The SMILES string of the molecule is O=C(N[C@H]1COc2cc(CN3CCCC3)ccc2C1)c1ccc(OC[C@H]2CCCO2)cc1. The molecule has 6 heteroatoms. The van der Waals surface area contributed by atoms with Crippen molar-refractivity contribution in [3.05, 3.63) is 59.2 Å². The zero-order valence-corrected chi connectivity index (χ0v) is 18.6. The first-order valence-electron chi connectivity index (χ1n) is 11.9. The number of hydrogen-bond donors (Lipinski definition) is 1. The van der Waals surface area contributed by atoms with Crippen molar-refractivity contribution >= 4 is 5.91 Å². The number of carbonyl (C=O) groups excluding carboxylic acids is 1. The van der Waals surface area contributed by atoms with E-state index < -0.39 is 0 Å². The van der Waals surface area contributed by atoms with Gasteiger partial charge in [-0.15, -0.1) is 0 Å². The quantitative estimate of drug-likeness (QED) is 0.719. The monoisotopic (exact) mass is 436 g/mol. The zero-order chi connectivity index (χ0) is 21.8. The fraction of sp³-hybridized carbons (Fsp3) is 0.500. The molecule has 2 saturated heterocycles. The van der Waals surface area contributed by atoms with E-state index in [-0.39, 0.29) is 18.1 Å². The van der Waals surface area contributed by atoms with Crippen LogP contribution in [0.1, 0.15) is 47.2 Å². The number of amides is 1. The van der Waals surface area contributed by atoms with Gasteiger partial charge in [0, 0.05) is 18.7 Å². The molecule has 32 heavy (non-hydrogen) atoms. The first-order valence-corrected chi connectivity index (χ1v) is 11.9. The Bertz CT molecular complexity index is 918. The van der Waals surface area contributed by atoms with Gasteiger partial charge in [0.25, 0.3) is 5.91 Å². The Labute approximate surface area is 189 Å². The number of benzene rings is 2. The second kappa shape index (κ2) is 9.92. The normalized spacial score (nSPS) is 22.9. The van der Waals surface area contributed by atoms with Gasteiger partial charge in [0.1, 0.15) is 24.7 Å². The molecule has 0 aliphatic carbocycles. The fourth-order valence-electron chi connectivity index (χ4n) is 4.74. The van der Waals surface area contributed by atoms with E-state index >= 15 is 0 Å². The highest BCUT2D eigenvalue weighted by Crippen LogP contribution is 2.27. The Morgan fingerprint density at radius 1 is 1.09 bits per heavy atom. The molecule has 2 atom stereocenters. The van der Waals surface area contributed by atoms with E-state index in [0.717, 1.165) is 49.5 Å². The summed E-state index contributed by atoms with van der Waals surface area (Å²) >= 11 is 0. The van der Waals surface area contributed by atoms with E-state index in [1.54, 1.807) is 0 Å². The van der Waals surface area contributed by atoms with Crippen LogP contribution in [0, 0.1) is 0 Å². The van der Waals surface area contributed by atoms with E-state index in [9.17, 15) is 4.79 Å². The average Bonchev–Trinajstić information content (AvgIpc) is 3.52. The van der Waals surface area contributed by atoms with E-state index in [1.807, 2.05) is 24.3 Å². The molecule has 5 rings (SSSR count). The third kappa shape index (κ3) is 5.25. The molecule has 0 aromatic heterocycles. The minimum absolute atomic E-state index is 0.0325. The van der Waals surface area contributed by atoms with Crippen LogP contribution in [-0.4, -0.2) is 55.9 Å². The predicted octanol–water partition coefficient (Wildman–Crippen LogP) is 3.57. The Hall–Kier alpha value is -2.57. The van der Waals surface area contributed by atoms with E-state index in [2.05, 4.69) is 28.4 Å². The number of nitrogens with one attached hydrogen (secondary N) is 1. The molecular weight excluding hydrogens is 404 g/mol. The van der Waals surface area contributed by atoms with Crippen LogP contribution in [-0.2, 0) is 17.7 Å². The summed E-state index contributed by atoms with van der Waals surface area (Å²) in [6.45, 7) is 5.24. The number of ether oxygens (including phenoxy) is 3. The second-order valence-electron chi connectivity index (χ2n) is 9.08. The van der Waals surface area contributed by atoms with Gasteiger partial charge in [0.2, 0.25) is 0 Å². The average molecular weight is 437 g/mol. The zero-order valence-electron chi connectivity index (χ0n) is 18.6. The molecule has 0 unspecified atom stereocenters. The summed E-state index contributed by atoms with van der Waals surface area (Å²) in [5.74, 6) is 1.63. The van der Waals surface area contributed by atoms with Gasteiger partial charge in [-0.1, -0.05) is 12.1 Å². The summed E-state index contributed by atoms with van der Waals surface area (Å²) in [5.41, 5.74) is 3.08. The lowest BCUT2D eigenvalue weighted by molar-refractivity contribution is 0.0679. The molecule has 0 radical (unpaired) electrons. The smallest absolute Gasteiger partial charge is 0.251 e. The lowest BCUT2D eigenvalue weighted by Gasteiger charge is -2.27. The third-order valence-corrected chi connectivity index (χ3v) is 6.55. The molecule has 6 nitrogen and oxygen atoms in total. The van der Waals surface area contributed by atoms with Crippen LogP contribution in [0.4, 0.5) is 0 Å². The topological polar surface area (TPSA) is 60.0 Å². The lowest BCUT2D eigenvalue weighted by atomic mass is 10.00. The predicted molar refractivity (Wildman–Crippen MR) is 122 cm³/mol. The van der Waals surface area contributed by atoms with Gasteiger partial charge in [0.05, 0.1) is 12.1 Å². The summed E-state index contributed by atoms with van der Waals surface area (Å²) in [5, 5.41) is 3.11. The first-order chi connectivity index (χ1) is 15.7. The molecule has 0 saturated carbocycles. The third-order valence-electron chi connectivity index (χ3n) is 6.55. The Balaban J connectivity index is 1.12. The highest BCUT2D eigenvalue weighted by Gasteiger charge is 2.23. The molecule has 1 N–H and O–H groups in total. The lowest BCUT2D eigenvalue weighted by Crippen LogP contribution is -2.42. The number of fused-ring (bicyclic) bond motifs is 1. The summed E-state index contributed by atoms with van der Waals surface area (Å²) in [7, 11) is 0. The van der Waals surface area contributed by atoms with Crippen LogP contribution >= 0.6 is 0 Å². The number of nitrogens with zero attached hydrogens (tertiary/aromatic N) is 1. The van der Waals surface area contributed by atoms with Crippen LogP contribution in [0.15, 0.2) is 42.5 Å². The van der Waals surface area contributed by atoms with Gasteiger partial charge in [-0.2, -0.15) is 0 Å². The molecule has 2 aromatic rings. The van der Waals surface area contributed by atoms with Crippen molar-refractivity contribution in [3.63, 3.8) is 0 Å². The summed E-state index contributed by atoms with van der Waals surface area (Å²) in [6.07, 6.45) is 5.72. The maximum atomic E-state index is 12.7. The summed E-state index contributed by atoms with van der Waals surface area (Å²) in [6, 6.07) is 13.8. The molecule has 1 amide bonds. The molecular formula is C26H32N2O4. The number of rotatable bonds is 7. The highest BCUT2D eigenvalue weighted by atomic mass is 16.5. The summed E-state index contributed by atoms with van der Waals surface area (Å²) < 4.78 is 17.4. The molecule has 3 heterocycles. The van der Waals surface area contributed by atoms with Crippen molar-refractivity contribution in [1.29, 1.82) is 0 Å². The van der Waals surface area contributed by atoms with Gasteiger partial charge in [-0.25, -0.2) is 0 Å². The van der Waals surface area contributed by atoms with Crippen molar-refractivity contribution in [1.82, 2.24) is 10.2 Å². The largest absolute Gasteiger partial charge is 0.491 e. The Kier molecular flexibility index (Phi) is 6.60. The van der Waals surface area contributed by atoms with Gasteiger partial charge in [-0.05, 0) is 86.7 Å². The summed E-state index contributed by atoms with van der Waals surface area (Å²) in [4.78, 5) is 15.2. The molecule has 0 bridgehead atoms. The minimum atomic E-state index is -0.0848. The van der Waals surface area contributed by atoms with Crippen molar-refractivity contribution < 1.29 is 19.0 Å². The second-order valence-corrected chi connectivity index (χ2v) is 9.08. The number of carbonyl (C=O) groups is 1. The molecule has 3 aliphatic heterocycles. The molecule has 2 aromatic carbocycles. The Morgan fingerprint density at radius 2 is 1.94 bits per heavy atom. The molecule has 0 spiro atoms. The van der Waals surface area contributed by atoms with Gasteiger partial charge in [0.15, 0.2) is 0 Å². The molecule has 3 aliphatic rings. The minimum Gasteiger partial charge on any atom is -0.491 e. The van der Waals surface area contributed by atoms with Crippen LogP contribution in [0.3, 0.4) is 0 Å². The number of hydrogen-bond acceptors (Lipinski definition) is 5. The molecule has 2 fully saturated rings. The van der Waals surface area contributed by atoms with Crippen molar-refractivity contribution in [2.45, 2.75) is 50.8 Å². The molecule has 170 valence electrons. The van der Waals surface area contributed by atoms with Crippen molar-refractivity contribution in [2.75, 3.05) is 32.9 Å². The van der Waals surface area contributed by atoms with Gasteiger partial charge >= 0.3 is 0 Å². The van der Waals surface area contributed by atoms with Crippen LogP contribution in [0.5, 0.6) is 11.5 Å². The van der Waals surface area contributed by atoms with Crippen LogP contribution < -0.4 is 14.8 Å². The maximum Gasteiger partial charge on any atom is 0.251 e. The fourth-order valence-corrected chi connectivity index (χ4v) is 4.74. The maximum absolute atomic E-state index is 12.7. The van der Waals surface area contributed by atoms with E-state index in [4.69, 9.17) is 14.2 Å². The van der Waals surface area contributed by atoms with E-state index in [0.29, 0.717) is 18.8 Å². The Morgan fingerprint density at radius 3 is 2.72 bits per heavy atom.